The number of nitrogens with one attached hydrogen (secondary N) is 1. The summed E-state index contributed by atoms with van der Waals surface area (Å²) in [6.07, 6.45) is 4.51. The van der Waals surface area contributed by atoms with Crippen LogP contribution < -0.4 is 5.32 Å². The summed E-state index contributed by atoms with van der Waals surface area (Å²) in [5.74, 6) is 0. The predicted molar refractivity (Wildman–Crippen MR) is 142 cm³/mol. The lowest BCUT2D eigenvalue weighted by atomic mass is 9.95. The molecule has 1 N–H and O–H groups in total. The van der Waals surface area contributed by atoms with Crippen LogP contribution in [0.15, 0.2) is 65.8 Å². The third kappa shape index (κ3) is 6.17. The molecule has 0 aromatic heterocycles. The molecular weight excluding hydrogens is 505 g/mol. The second-order valence-corrected chi connectivity index (χ2v) is 11.4. The molecular formula is C25H29Cl2N5O2S. The second-order valence-electron chi connectivity index (χ2n) is 8.60. The van der Waals surface area contributed by atoms with Crippen molar-refractivity contribution in [3.8, 4) is 6.19 Å². The minimum atomic E-state index is -3.52. The standard InChI is InChI=1S/C25H29Cl2N5O2S/c1-5-31(35(4,33)34)23-16-32(30-24(23)20-10-14-22(27)15-11-20)25(3,29-17-28)18(2)6-7-19-8-12-21(26)13-9-19/h8-15,23,29H,2,5-7,16H2,1,3-4H3. The number of hydrazone groups is 1. The number of rotatable bonds is 10. The molecule has 35 heavy (non-hydrogen) atoms. The highest BCUT2D eigenvalue weighted by Gasteiger charge is 2.44. The lowest BCUT2D eigenvalue weighted by Gasteiger charge is -2.39. The van der Waals surface area contributed by atoms with Crippen molar-refractivity contribution in [2.24, 2.45) is 5.10 Å². The summed E-state index contributed by atoms with van der Waals surface area (Å²) in [6, 6.07) is 14.2. The molecule has 186 valence electrons. The summed E-state index contributed by atoms with van der Waals surface area (Å²) in [4.78, 5) is 0. The summed E-state index contributed by atoms with van der Waals surface area (Å²) in [6.45, 7) is 8.43. The number of halogens is 2. The molecule has 0 saturated heterocycles. The zero-order chi connectivity index (χ0) is 25.8. The number of likely N-dealkylation sites (N-methyl/N-ethyl adjacent to an activating group) is 1. The van der Waals surface area contributed by atoms with E-state index in [-0.39, 0.29) is 13.1 Å². The Balaban J connectivity index is 1.96. The van der Waals surface area contributed by atoms with E-state index in [1.54, 1.807) is 24.1 Å². The van der Waals surface area contributed by atoms with E-state index in [0.29, 0.717) is 28.6 Å². The van der Waals surface area contributed by atoms with Crippen molar-refractivity contribution in [2.45, 2.75) is 38.4 Å². The lowest BCUT2D eigenvalue weighted by Crippen LogP contribution is -2.56. The van der Waals surface area contributed by atoms with E-state index >= 15 is 0 Å². The van der Waals surface area contributed by atoms with Gasteiger partial charge in [-0.05, 0) is 60.7 Å². The summed E-state index contributed by atoms with van der Waals surface area (Å²) in [5.41, 5.74) is 2.16. The maximum absolute atomic E-state index is 12.6. The van der Waals surface area contributed by atoms with Crippen LogP contribution in [0.3, 0.4) is 0 Å². The van der Waals surface area contributed by atoms with E-state index in [1.807, 2.05) is 49.5 Å². The molecule has 0 spiro atoms. The third-order valence-corrected chi connectivity index (χ3v) is 8.12. The fraction of sp³-hybridized carbons (Fsp3) is 0.360. The van der Waals surface area contributed by atoms with Crippen molar-refractivity contribution in [3.63, 3.8) is 0 Å². The van der Waals surface area contributed by atoms with Crippen LogP contribution in [0.1, 0.15) is 31.4 Å². The maximum atomic E-state index is 12.6. The van der Waals surface area contributed by atoms with Gasteiger partial charge in [0.2, 0.25) is 10.0 Å². The van der Waals surface area contributed by atoms with Gasteiger partial charge in [-0.2, -0.15) is 14.7 Å². The Kier molecular flexibility index (Phi) is 8.50. The number of hydrogen-bond acceptors (Lipinski definition) is 6. The fourth-order valence-electron chi connectivity index (χ4n) is 4.19. The molecule has 0 fully saturated rings. The molecule has 0 bridgehead atoms. The Morgan fingerprint density at radius 3 is 2.31 bits per heavy atom. The van der Waals surface area contributed by atoms with E-state index in [2.05, 4.69) is 11.9 Å². The highest BCUT2D eigenvalue weighted by molar-refractivity contribution is 7.88. The number of nitriles is 1. The molecule has 0 aliphatic carbocycles. The first kappa shape index (κ1) is 27.0. The average Bonchev–Trinajstić information content (AvgIpc) is 3.24. The van der Waals surface area contributed by atoms with Gasteiger partial charge in [-0.3, -0.25) is 10.3 Å². The van der Waals surface area contributed by atoms with Crippen molar-refractivity contribution in [1.29, 1.82) is 5.26 Å². The predicted octanol–water partition coefficient (Wildman–Crippen LogP) is 4.64. The number of nitrogens with zero attached hydrogens (tertiary/aromatic N) is 4. The number of aryl methyl sites for hydroxylation is 1. The van der Waals surface area contributed by atoms with Gasteiger partial charge in [-0.1, -0.05) is 61.0 Å². The molecule has 1 aliphatic rings. The highest BCUT2D eigenvalue weighted by atomic mass is 35.5. The van der Waals surface area contributed by atoms with Gasteiger partial charge < -0.3 is 0 Å². The molecule has 2 unspecified atom stereocenters. The Morgan fingerprint density at radius 2 is 1.80 bits per heavy atom. The van der Waals surface area contributed by atoms with Crippen LogP contribution in [0.25, 0.3) is 0 Å². The normalized spacial score (nSPS) is 17.6. The first-order chi connectivity index (χ1) is 16.5. The van der Waals surface area contributed by atoms with Gasteiger partial charge in [0.05, 0.1) is 24.6 Å². The van der Waals surface area contributed by atoms with Gasteiger partial charge in [0.1, 0.15) is 0 Å². The lowest BCUT2D eigenvalue weighted by molar-refractivity contribution is 0.122. The molecule has 0 radical (unpaired) electrons. The number of sulfonamides is 1. The molecule has 2 aromatic rings. The monoisotopic (exact) mass is 533 g/mol. The quantitative estimate of drug-likeness (QED) is 0.273. The minimum Gasteiger partial charge on any atom is -0.295 e. The minimum absolute atomic E-state index is 0.254. The van der Waals surface area contributed by atoms with Crippen LogP contribution in [-0.4, -0.2) is 54.5 Å². The molecule has 2 atom stereocenters. The van der Waals surface area contributed by atoms with E-state index in [4.69, 9.17) is 28.3 Å². The largest absolute Gasteiger partial charge is 0.295 e. The molecule has 7 nitrogen and oxygen atoms in total. The van der Waals surface area contributed by atoms with Crippen molar-refractivity contribution in [3.05, 3.63) is 81.9 Å². The Bertz CT molecular complexity index is 1240. The molecule has 0 amide bonds. The van der Waals surface area contributed by atoms with Gasteiger partial charge in [0, 0.05) is 16.6 Å². The molecule has 1 heterocycles. The third-order valence-electron chi connectivity index (χ3n) is 6.25. The van der Waals surface area contributed by atoms with Crippen LogP contribution in [0.4, 0.5) is 0 Å². The van der Waals surface area contributed by atoms with Crippen LogP contribution >= 0.6 is 23.2 Å². The summed E-state index contributed by atoms with van der Waals surface area (Å²) in [5, 5.41) is 20.2. The van der Waals surface area contributed by atoms with Crippen molar-refractivity contribution < 1.29 is 8.42 Å². The first-order valence-electron chi connectivity index (χ1n) is 11.2. The zero-order valence-corrected chi connectivity index (χ0v) is 22.3. The van der Waals surface area contributed by atoms with E-state index in [0.717, 1.165) is 16.7 Å². The number of benzene rings is 2. The Morgan fingerprint density at radius 1 is 1.23 bits per heavy atom. The van der Waals surface area contributed by atoms with Crippen molar-refractivity contribution in [2.75, 3.05) is 19.3 Å². The smallest absolute Gasteiger partial charge is 0.211 e. The van der Waals surface area contributed by atoms with E-state index < -0.39 is 21.7 Å². The highest BCUT2D eigenvalue weighted by Crippen LogP contribution is 2.31. The molecule has 1 aliphatic heterocycles. The zero-order valence-electron chi connectivity index (χ0n) is 20.0. The van der Waals surface area contributed by atoms with Crippen LogP contribution in [0.2, 0.25) is 10.0 Å². The summed E-state index contributed by atoms with van der Waals surface area (Å²) >= 11 is 12.1. The topological polar surface area (TPSA) is 88.8 Å². The van der Waals surface area contributed by atoms with Crippen LogP contribution in [-0.2, 0) is 16.4 Å². The average molecular weight is 535 g/mol. The Labute approximate surface area is 217 Å². The van der Waals surface area contributed by atoms with Gasteiger partial charge in [0.15, 0.2) is 11.9 Å². The number of hydrogen-bond donors (Lipinski definition) is 1. The van der Waals surface area contributed by atoms with Gasteiger partial charge in [0.25, 0.3) is 0 Å². The molecule has 2 aromatic carbocycles. The second kappa shape index (κ2) is 11.0. The van der Waals surface area contributed by atoms with Gasteiger partial charge >= 0.3 is 0 Å². The van der Waals surface area contributed by atoms with Crippen LogP contribution in [0, 0.1) is 11.5 Å². The van der Waals surface area contributed by atoms with Crippen molar-refractivity contribution in [1.82, 2.24) is 14.6 Å². The molecule has 3 rings (SSSR count). The SMILES string of the molecule is C=C(CCc1ccc(Cl)cc1)C(C)(NC#N)N1CC(N(CC)S(C)(=O)=O)C(c2ccc(Cl)cc2)=N1. The summed E-state index contributed by atoms with van der Waals surface area (Å²) < 4.78 is 26.7. The maximum Gasteiger partial charge on any atom is 0.211 e. The van der Waals surface area contributed by atoms with Crippen molar-refractivity contribution >= 4 is 38.9 Å². The van der Waals surface area contributed by atoms with Crippen LogP contribution in [0.5, 0.6) is 0 Å². The molecule has 10 heteroatoms. The fourth-order valence-corrected chi connectivity index (χ4v) is 5.54. The first-order valence-corrected chi connectivity index (χ1v) is 13.8. The van der Waals surface area contributed by atoms with Gasteiger partial charge in [-0.25, -0.2) is 8.42 Å². The summed E-state index contributed by atoms with van der Waals surface area (Å²) in [7, 11) is -3.52. The van der Waals surface area contributed by atoms with E-state index in [1.165, 1.54) is 10.6 Å². The van der Waals surface area contributed by atoms with Gasteiger partial charge in [-0.15, -0.1) is 0 Å². The molecule has 0 saturated carbocycles. The van der Waals surface area contributed by atoms with E-state index in [9.17, 15) is 13.7 Å². The Hall–Kier alpha value is -2.57.